The van der Waals surface area contributed by atoms with Crippen molar-refractivity contribution in [3.8, 4) is 0 Å². The number of rotatable bonds is 11. The van der Waals surface area contributed by atoms with Crippen LogP contribution in [0, 0.1) is 0 Å². The number of carbonyl (C=O) groups excluding carboxylic acids is 2. The monoisotopic (exact) mass is 643 g/mol. The SMILES string of the molecule is CC[C@@H](C(=O)NC(C)C)N(Cc1c(Cl)cccc1Cl)C(=O)CN(c1cccc(C(F)(F)F)c1)S(=O)(=O)c1ccccc1. The molecule has 1 atom stereocenters. The van der Waals surface area contributed by atoms with Crippen LogP contribution in [-0.2, 0) is 32.3 Å². The molecule has 0 aliphatic rings. The molecule has 1 N–H and O–H groups in total. The van der Waals surface area contributed by atoms with Gasteiger partial charge >= 0.3 is 6.18 Å². The Morgan fingerprint density at radius 1 is 0.929 bits per heavy atom. The predicted octanol–water partition coefficient (Wildman–Crippen LogP) is 6.54. The minimum Gasteiger partial charge on any atom is -0.352 e. The molecule has 0 saturated heterocycles. The summed E-state index contributed by atoms with van der Waals surface area (Å²) in [4.78, 5) is 28.1. The second-order valence-electron chi connectivity index (χ2n) is 9.68. The summed E-state index contributed by atoms with van der Waals surface area (Å²) in [6.07, 6.45) is -4.63. The number of nitrogens with one attached hydrogen (secondary N) is 1. The first-order chi connectivity index (χ1) is 19.7. The van der Waals surface area contributed by atoms with Crippen molar-refractivity contribution in [2.45, 2.75) is 56.9 Å². The second-order valence-corrected chi connectivity index (χ2v) is 12.4. The molecule has 0 aliphatic carbocycles. The second kappa shape index (κ2) is 13.8. The van der Waals surface area contributed by atoms with Crippen molar-refractivity contribution in [3.05, 3.63) is 94.0 Å². The first kappa shape index (κ1) is 33.2. The lowest BCUT2D eigenvalue weighted by atomic mass is 10.1. The number of halogens is 5. The van der Waals surface area contributed by atoms with Crippen molar-refractivity contribution in [1.29, 1.82) is 0 Å². The average molecular weight is 645 g/mol. The summed E-state index contributed by atoms with van der Waals surface area (Å²) in [5, 5.41) is 3.18. The maximum Gasteiger partial charge on any atom is 0.416 e. The Hall–Kier alpha value is -3.28. The van der Waals surface area contributed by atoms with Gasteiger partial charge in [-0.2, -0.15) is 13.2 Å². The van der Waals surface area contributed by atoms with Crippen LogP contribution < -0.4 is 9.62 Å². The van der Waals surface area contributed by atoms with E-state index in [-0.39, 0.29) is 39.6 Å². The van der Waals surface area contributed by atoms with Gasteiger partial charge < -0.3 is 10.2 Å². The van der Waals surface area contributed by atoms with Gasteiger partial charge in [0.2, 0.25) is 11.8 Å². The van der Waals surface area contributed by atoms with Crippen molar-refractivity contribution in [1.82, 2.24) is 10.2 Å². The van der Waals surface area contributed by atoms with Crippen LogP contribution in [0.4, 0.5) is 18.9 Å². The Labute approximate surface area is 253 Å². The molecule has 0 saturated carbocycles. The quantitative estimate of drug-likeness (QED) is 0.257. The maximum atomic E-state index is 14.0. The number of benzene rings is 3. The van der Waals surface area contributed by atoms with Crippen LogP contribution in [0.15, 0.2) is 77.7 Å². The van der Waals surface area contributed by atoms with Gasteiger partial charge in [0.15, 0.2) is 0 Å². The molecule has 0 spiro atoms. The molecule has 0 radical (unpaired) electrons. The van der Waals surface area contributed by atoms with E-state index in [4.69, 9.17) is 23.2 Å². The zero-order valence-corrected chi connectivity index (χ0v) is 25.4. The van der Waals surface area contributed by atoms with E-state index in [0.29, 0.717) is 15.9 Å². The van der Waals surface area contributed by atoms with E-state index in [1.807, 2.05) is 0 Å². The molecule has 42 heavy (non-hydrogen) atoms. The van der Waals surface area contributed by atoms with Crippen LogP contribution in [0.25, 0.3) is 0 Å². The molecule has 0 fully saturated rings. The maximum absolute atomic E-state index is 14.0. The zero-order valence-electron chi connectivity index (χ0n) is 23.0. The smallest absolute Gasteiger partial charge is 0.352 e. The third-order valence-corrected chi connectivity index (χ3v) is 8.77. The number of alkyl halides is 3. The Bertz CT molecular complexity index is 1500. The summed E-state index contributed by atoms with van der Waals surface area (Å²) in [5.74, 6) is -1.35. The van der Waals surface area contributed by atoms with E-state index in [1.165, 1.54) is 30.3 Å². The highest BCUT2D eigenvalue weighted by Crippen LogP contribution is 2.34. The van der Waals surface area contributed by atoms with Crippen LogP contribution in [0.3, 0.4) is 0 Å². The van der Waals surface area contributed by atoms with E-state index < -0.39 is 46.2 Å². The summed E-state index contributed by atoms with van der Waals surface area (Å²) in [6, 6.07) is 14.1. The summed E-state index contributed by atoms with van der Waals surface area (Å²) in [7, 11) is -4.54. The largest absolute Gasteiger partial charge is 0.416 e. The number of nitrogens with zero attached hydrogens (tertiary/aromatic N) is 2. The van der Waals surface area contributed by atoms with Crippen molar-refractivity contribution in [2.24, 2.45) is 0 Å². The van der Waals surface area contributed by atoms with Crippen LogP contribution >= 0.6 is 23.2 Å². The molecule has 0 aromatic heterocycles. The van der Waals surface area contributed by atoms with Gasteiger partial charge in [-0.1, -0.05) is 60.5 Å². The zero-order chi connectivity index (χ0) is 31.2. The fraction of sp³-hybridized carbons (Fsp3) is 0.310. The number of sulfonamides is 1. The predicted molar refractivity (Wildman–Crippen MR) is 157 cm³/mol. The lowest BCUT2D eigenvalue weighted by Crippen LogP contribution is -2.53. The molecule has 7 nitrogen and oxygen atoms in total. The lowest BCUT2D eigenvalue weighted by molar-refractivity contribution is -0.140. The first-order valence-electron chi connectivity index (χ1n) is 12.9. The third-order valence-electron chi connectivity index (χ3n) is 6.28. The highest BCUT2D eigenvalue weighted by atomic mass is 35.5. The van der Waals surface area contributed by atoms with Crippen LogP contribution in [0.2, 0.25) is 10.0 Å². The van der Waals surface area contributed by atoms with E-state index in [2.05, 4.69) is 5.32 Å². The van der Waals surface area contributed by atoms with Crippen molar-refractivity contribution in [2.75, 3.05) is 10.8 Å². The van der Waals surface area contributed by atoms with Crippen molar-refractivity contribution >= 4 is 50.7 Å². The third kappa shape index (κ3) is 7.96. The number of carbonyl (C=O) groups is 2. The van der Waals surface area contributed by atoms with Crippen molar-refractivity contribution in [3.63, 3.8) is 0 Å². The Balaban J connectivity index is 2.15. The molecule has 226 valence electrons. The molecule has 3 aromatic rings. The molecule has 13 heteroatoms. The molecule has 0 heterocycles. The molecule has 3 rings (SSSR count). The van der Waals surface area contributed by atoms with Crippen LogP contribution in [0.5, 0.6) is 0 Å². The molecule has 0 unspecified atom stereocenters. The van der Waals surface area contributed by atoms with Gasteiger partial charge in [-0.25, -0.2) is 8.42 Å². The fourth-order valence-electron chi connectivity index (χ4n) is 4.24. The highest BCUT2D eigenvalue weighted by molar-refractivity contribution is 7.92. The summed E-state index contributed by atoms with van der Waals surface area (Å²) in [5.41, 5.74) is -1.15. The van der Waals surface area contributed by atoms with Crippen LogP contribution in [0.1, 0.15) is 38.3 Å². The Kier molecular flexibility index (Phi) is 10.9. The minimum absolute atomic E-state index is 0.140. The van der Waals surface area contributed by atoms with Gasteiger partial charge in [-0.15, -0.1) is 0 Å². The summed E-state index contributed by atoms with van der Waals surface area (Å²) < 4.78 is 69.0. The van der Waals surface area contributed by atoms with Crippen LogP contribution in [-0.4, -0.2) is 43.8 Å². The summed E-state index contributed by atoms with van der Waals surface area (Å²) in [6.45, 7) is 3.98. The van der Waals surface area contributed by atoms with E-state index in [9.17, 15) is 31.2 Å². The first-order valence-corrected chi connectivity index (χ1v) is 15.1. The van der Waals surface area contributed by atoms with Gasteiger partial charge in [-0.05, 0) is 62.7 Å². The molecular weight excluding hydrogens is 614 g/mol. The normalized spacial score (nSPS) is 12.6. The fourth-order valence-corrected chi connectivity index (χ4v) is 6.18. The number of hydrogen-bond acceptors (Lipinski definition) is 4. The number of anilines is 1. The minimum atomic E-state index is -4.77. The van der Waals surface area contributed by atoms with Gasteiger partial charge in [-0.3, -0.25) is 13.9 Å². The molecular formula is C29H30Cl2F3N3O4S. The molecule has 3 aromatic carbocycles. The Morgan fingerprint density at radius 3 is 2.07 bits per heavy atom. The van der Waals surface area contributed by atoms with E-state index >= 15 is 0 Å². The van der Waals surface area contributed by atoms with Crippen molar-refractivity contribution < 1.29 is 31.2 Å². The summed E-state index contributed by atoms with van der Waals surface area (Å²) >= 11 is 12.7. The van der Waals surface area contributed by atoms with Gasteiger partial charge in [0, 0.05) is 28.2 Å². The van der Waals surface area contributed by atoms with Gasteiger partial charge in [0.25, 0.3) is 10.0 Å². The van der Waals surface area contributed by atoms with Gasteiger partial charge in [0.05, 0.1) is 16.1 Å². The average Bonchev–Trinajstić information content (AvgIpc) is 2.92. The van der Waals surface area contributed by atoms with E-state index in [1.54, 1.807) is 45.0 Å². The van der Waals surface area contributed by atoms with E-state index in [0.717, 1.165) is 17.0 Å². The number of hydrogen-bond donors (Lipinski definition) is 1. The highest BCUT2D eigenvalue weighted by Gasteiger charge is 2.36. The van der Waals surface area contributed by atoms with Gasteiger partial charge in [0.1, 0.15) is 12.6 Å². The topological polar surface area (TPSA) is 86.8 Å². The molecule has 0 bridgehead atoms. The molecule has 0 aliphatic heterocycles. The standard InChI is InChI=1S/C29H30Cl2F3N3O4S/c1-4-26(28(39)35-19(2)3)36(17-23-24(30)14-9-15-25(23)31)27(38)18-37(42(40,41)22-12-6-5-7-13-22)21-11-8-10-20(16-21)29(32,33)34/h5-16,19,26H,4,17-18H2,1-3H3,(H,35,39)/t26-/m0/s1. The lowest BCUT2D eigenvalue weighted by Gasteiger charge is -2.34. The Morgan fingerprint density at radius 2 is 1.52 bits per heavy atom. The number of amides is 2. The molecule has 2 amide bonds.